The minimum Gasteiger partial charge on any atom is -0.367 e. The van der Waals surface area contributed by atoms with Crippen molar-refractivity contribution < 1.29 is 4.79 Å². The van der Waals surface area contributed by atoms with Crippen LogP contribution in [-0.4, -0.2) is 33.3 Å². The number of H-pyrrole nitrogens is 1. The van der Waals surface area contributed by atoms with Crippen molar-refractivity contribution in [3.8, 4) is 0 Å². The minimum atomic E-state index is -0.217. The molecule has 96 valence electrons. The van der Waals surface area contributed by atoms with Crippen LogP contribution in [0.25, 0.3) is 0 Å². The maximum absolute atomic E-state index is 12.5. The number of aromatic nitrogens is 1. The van der Waals surface area contributed by atoms with E-state index in [1.54, 1.807) is 6.20 Å². The zero-order valence-corrected chi connectivity index (χ0v) is 10.7. The van der Waals surface area contributed by atoms with Gasteiger partial charge in [0.1, 0.15) is 5.56 Å². The highest BCUT2D eigenvalue weighted by Crippen LogP contribution is 2.38. The van der Waals surface area contributed by atoms with Gasteiger partial charge in [-0.15, -0.1) is 11.6 Å². The highest BCUT2D eigenvalue weighted by Gasteiger charge is 2.43. The fourth-order valence-corrected chi connectivity index (χ4v) is 3.58. The molecule has 2 aliphatic rings. The number of rotatable bonds is 1. The number of amides is 1. The third-order valence-electron chi connectivity index (χ3n) is 3.96. The molecule has 18 heavy (non-hydrogen) atoms. The van der Waals surface area contributed by atoms with Crippen molar-refractivity contribution >= 4 is 17.5 Å². The van der Waals surface area contributed by atoms with E-state index in [4.69, 9.17) is 11.6 Å². The van der Waals surface area contributed by atoms with Gasteiger partial charge in [0.2, 0.25) is 0 Å². The van der Waals surface area contributed by atoms with Crippen LogP contribution in [0.2, 0.25) is 0 Å². The van der Waals surface area contributed by atoms with Gasteiger partial charge in [0.25, 0.3) is 5.91 Å². The first-order chi connectivity index (χ1) is 8.66. The van der Waals surface area contributed by atoms with Gasteiger partial charge < -0.3 is 9.88 Å². The molecule has 1 amide bonds. The number of halogens is 1. The van der Waals surface area contributed by atoms with Crippen molar-refractivity contribution in [2.75, 3.05) is 0 Å². The topological polar surface area (TPSA) is 53.2 Å². The smallest absolute Gasteiger partial charge is 0.259 e. The molecule has 0 spiro atoms. The van der Waals surface area contributed by atoms with Crippen molar-refractivity contribution in [3.63, 3.8) is 0 Å². The summed E-state index contributed by atoms with van der Waals surface area (Å²) in [5, 5.41) is 0.167. The summed E-state index contributed by atoms with van der Waals surface area (Å²) in [7, 11) is 0. The Morgan fingerprint density at radius 1 is 1.33 bits per heavy atom. The van der Waals surface area contributed by atoms with Gasteiger partial charge >= 0.3 is 0 Å². The SMILES string of the molecule is O=C(c1c[nH]ccc1=O)N1C2CCC1CC(Cl)C2. The van der Waals surface area contributed by atoms with Crippen molar-refractivity contribution in [3.05, 3.63) is 34.2 Å². The van der Waals surface area contributed by atoms with Crippen LogP contribution in [0.3, 0.4) is 0 Å². The monoisotopic (exact) mass is 266 g/mol. The Morgan fingerprint density at radius 2 is 2.00 bits per heavy atom. The van der Waals surface area contributed by atoms with Crippen LogP contribution < -0.4 is 5.43 Å². The number of carbonyl (C=O) groups excluding carboxylic acids is 1. The number of hydrogen-bond donors (Lipinski definition) is 1. The molecule has 2 saturated heterocycles. The number of carbonyl (C=O) groups is 1. The molecule has 2 atom stereocenters. The lowest BCUT2D eigenvalue weighted by atomic mass is 10.0. The van der Waals surface area contributed by atoms with Gasteiger partial charge in [0.05, 0.1) is 0 Å². The van der Waals surface area contributed by atoms with E-state index in [0.29, 0.717) is 0 Å². The van der Waals surface area contributed by atoms with E-state index >= 15 is 0 Å². The summed E-state index contributed by atoms with van der Waals surface area (Å²) in [6.07, 6.45) is 6.73. The van der Waals surface area contributed by atoms with Gasteiger partial charge in [-0.2, -0.15) is 0 Å². The summed E-state index contributed by atoms with van der Waals surface area (Å²) < 4.78 is 0. The van der Waals surface area contributed by atoms with Crippen LogP contribution in [0.5, 0.6) is 0 Å². The first-order valence-corrected chi connectivity index (χ1v) is 6.74. The molecule has 0 saturated carbocycles. The number of nitrogens with zero attached hydrogens (tertiary/aromatic N) is 1. The quantitative estimate of drug-likeness (QED) is 0.788. The lowest BCUT2D eigenvalue weighted by Gasteiger charge is -2.36. The molecule has 4 nitrogen and oxygen atoms in total. The summed E-state index contributed by atoms with van der Waals surface area (Å²) in [6.45, 7) is 0. The van der Waals surface area contributed by atoms with Gasteiger partial charge in [0.15, 0.2) is 5.43 Å². The second-order valence-electron chi connectivity index (χ2n) is 5.09. The van der Waals surface area contributed by atoms with Gasteiger partial charge in [-0.25, -0.2) is 0 Å². The number of hydrogen-bond acceptors (Lipinski definition) is 2. The predicted octanol–water partition coefficient (Wildman–Crippen LogP) is 1.75. The highest BCUT2D eigenvalue weighted by molar-refractivity contribution is 6.20. The summed E-state index contributed by atoms with van der Waals surface area (Å²) in [5.41, 5.74) is 0.0218. The van der Waals surface area contributed by atoms with Gasteiger partial charge in [-0.1, -0.05) is 0 Å². The Balaban J connectivity index is 1.90. The average Bonchev–Trinajstić information content (AvgIpc) is 2.61. The van der Waals surface area contributed by atoms with E-state index in [1.165, 1.54) is 12.3 Å². The molecule has 1 aromatic heterocycles. The third kappa shape index (κ3) is 1.85. The molecular formula is C13H15ClN2O2. The highest BCUT2D eigenvalue weighted by atomic mass is 35.5. The number of aromatic amines is 1. The van der Waals surface area contributed by atoms with Gasteiger partial charge in [-0.05, 0) is 25.7 Å². The van der Waals surface area contributed by atoms with E-state index in [9.17, 15) is 9.59 Å². The predicted molar refractivity (Wildman–Crippen MR) is 68.9 cm³/mol. The first kappa shape index (κ1) is 11.8. The Labute approximate surface area is 110 Å². The van der Waals surface area contributed by atoms with Crippen molar-refractivity contribution in [1.29, 1.82) is 0 Å². The molecule has 2 aliphatic heterocycles. The van der Waals surface area contributed by atoms with Gasteiger partial charge in [0, 0.05) is 35.9 Å². The molecule has 0 aromatic carbocycles. The molecule has 0 radical (unpaired) electrons. The minimum absolute atomic E-state index is 0.145. The Morgan fingerprint density at radius 3 is 2.61 bits per heavy atom. The van der Waals surface area contributed by atoms with Gasteiger partial charge in [-0.3, -0.25) is 9.59 Å². The summed E-state index contributed by atoms with van der Waals surface area (Å²) in [6, 6.07) is 1.81. The lowest BCUT2D eigenvalue weighted by Crippen LogP contribution is -2.48. The van der Waals surface area contributed by atoms with Crippen LogP contribution in [0.15, 0.2) is 23.3 Å². The molecule has 1 aromatic rings. The Hall–Kier alpha value is -1.29. The lowest BCUT2D eigenvalue weighted by molar-refractivity contribution is 0.0598. The number of nitrogens with one attached hydrogen (secondary N) is 1. The maximum atomic E-state index is 12.5. The molecular weight excluding hydrogens is 252 g/mol. The summed E-state index contributed by atoms with van der Waals surface area (Å²) in [4.78, 5) is 28.8. The Kier molecular flexibility index (Phi) is 2.90. The fraction of sp³-hybridized carbons (Fsp3) is 0.538. The Bertz CT molecular complexity index is 514. The van der Waals surface area contributed by atoms with Crippen LogP contribution in [-0.2, 0) is 0 Å². The molecule has 2 fully saturated rings. The zero-order chi connectivity index (χ0) is 12.7. The summed E-state index contributed by atoms with van der Waals surface area (Å²) >= 11 is 6.19. The largest absolute Gasteiger partial charge is 0.367 e. The molecule has 2 unspecified atom stereocenters. The van der Waals surface area contributed by atoms with Crippen molar-refractivity contribution in [1.82, 2.24) is 9.88 Å². The molecule has 3 rings (SSSR count). The average molecular weight is 267 g/mol. The van der Waals surface area contributed by atoms with Crippen LogP contribution in [0.1, 0.15) is 36.0 Å². The molecule has 5 heteroatoms. The maximum Gasteiger partial charge on any atom is 0.259 e. The first-order valence-electron chi connectivity index (χ1n) is 6.30. The second kappa shape index (κ2) is 4.43. The fourth-order valence-electron chi connectivity index (χ4n) is 3.16. The van der Waals surface area contributed by atoms with Crippen LogP contribution in [0.4, 0.5) is 0 Å². The second-order valence-corrected chi connectivity index (χ2v) is 5.71. The van der Waals surface area contributed by atoms with E-state index in [0.717, 1.165) is 25.7 Å². The standard InChI is InChI=1S/C13H15ClN2O2/c14-8-5-9-1-2-10(6-8)16(9)13(18)11-7-15-4-3-12(11)17/h3-4,7-10H,1-2,5-6H2,(H,15,17). The van der Waals surface area contributed by atoms with Crippen molar-refractivity contribution in [2.24, 2.45) is 0 Å². The van der Waals surface area contributed by atoms with E-state index in [-0.39, 0.29) is 34.4 Å². The van der Waals surface area contributed by atoms with Crippen LogP contribution >= 0.6 is 11.6 Å². The molecule has 2 bridgehead atoms. The van der Waals surface area contributed by atoms with E-state index in [1.807, 2.05) is 4.90 Å². The zero-order valence-electron chi connectivity index (χ0n) is 9.93. The summed E-state index contributed by atoms with van der Waals surface area (Å²) in [5.74, 6) is -0.145. The van der Waals surface area contributed by atoms with E-state index < -0.39 is 0 Å². The normalized spacial score (nSPS) is 30.5. The number of piperidine rings is 1. The van der Waals surface area contributed by atoms with E-state index in [2.05, 4.69) is 4.98 Å². The molecule has 0 aliphatic carbocycles. The molecule has 3 heterocycles. The van der Waals surface area contributed by atoms with Crippen LogP contribution in [0, 0.1) is 0 Å². The van der Waals surface area contributed by atoms with Crippen molar-refractivity contribution in [2.45, 2.75) is 43.1 Å². The molecule has 1 N–H and O–H groups in total. The number of pyridine rings is 1. The third-order valence-corrected chi connectivity index (χ3v) is 4.32. The number of alkyl halides is 1. The number of fused-ring (bicyclic) bond motifs is 2.